The monoisotopic (exact) mass is 487 g/mol. The number of hydrogen-bond acceptors (Lipinski definition) is 5. The van der Waals surface area contributed by atoms with Gasteiger partial charge in [0.2, 0.25) is 26.0 Å². The van der Waals surface area contributed by atoms with Gasteiger partial charge >= 0.3 is 0 Å². The molecule has 174 valence electrons. The topological polar surface area (TPSA) is 113 Å². The third kappa shape index (κ3) is 6.05. The maximum absolute atomic E-state index is 13.3. The Morgan fingerprint density at radius 3 is 2.09 bits per heavy atom. The number of hydrogen-bond donors (Lipinski definition) is 2. The molecule has 3 rings (SSSR count). The van der Waals surface area contributed by atoms with Crippen LogP contribution in [0.25, 0.3) is 0 Å². The Morgan fingerprint density at radius 1 is 0.879 bits per heavy atom. The van der Waals surface area contributed by atoms with E-state index < -0.39 is 32.5 Å². The zero-order valence-electron chi connectivity index (χ0n) is 18.2. The summed E-state index contributed by atoms with van der Waals surface area (Å²) in [4.78, 5) is 12.9. The molecule has 0 atom stereocenters. The molecule has 0 aromatic heterocycles. The van der Waals surface area contributed by atoms with Crippen LogP contribution in [0.15, 0.2) is 88.7 Å². The summed E-state index contributed by atoms with van der Waals surface area (Å²) in [5.41, 5.74) is 1.48. The summed E-state index contributed by atoms with van der Waals surface area (Å²) < 4.78 is 54.3. The summed E-state index contributed by atoms with van der Waals surface area (Å²) in [6.45, 7) is 1.19. The molecule has 0 bridgehead atoms. The highest BCUT2D eigenvalue weighted by atomic mass is 32.2. The number of sulfonamides is 2. The van der Waals surface area contributed by atoms with Gasteiger partial charge in [0, 0.05) is 12.2 Å². The van der Waals surface area contributed by atoms with E-state index in [1.807, 2.05) is 6.07 Å². The molecule has 0 aliphatic heterocycles. The fourth-order valence-corrected chi connectivity index (χ4v) is 5.59. The Balaban J connectivity index is 1.87. The van der Waals surface area contributed by atoms with Crippen molar-refractivity contribution in [1.29, 1.82) is 0 Å². The van der Waals surface area contributed by atoms with Gasteiger partial charge in [-0.2, -0.15) is 4.31 Å². The van der Waals surface area contributed by atoms with Crippen LogP contribution >= 0.6 is 0 Å². The molecule has 3 aromatic carbocycles. The van der Waals surface area contributed by atoms with Crippen LogP contribution < -0.4 is 10.0 Å². The Kier molecular flexibility index (Phi) is 7.65. The molecular formula is C23H25N3O5S2. The molecule has 8 nitrogen and oxygen atoms in total. The van der Waals surface area contributed by atoms with E-state index in [-0.39, 0.29) is 22.0 Å². The highest BCUT2D eigenvalue weighted by Crippen LogP contribution is 2.21. The van der Waals surface area contributed by atoms with Crippen LogP contribution in [0.4, 0.5) is 5.69 Å². The molecule has 10 heteroatoms. The minimum atomic E-state index is -3.96. The fourth-order valence-electron chi connectivity index (χ4n) is 3.19. The van der Waals surface area contributed by atoms with E-state index in [9.17, 15) is 21.6 Å². The van der Waals surface area contributed by atoms with Gasteiger partial charge in [-0.15, -0.1) is 0 Å². The van der Waals surface area contributed by atoms with Gasteiger partial charge in [-0.3, -0.25) is 4.79 Å². The van der Waals surface area contributed by atoms with Crippen LogP contribution in [-0.2, 0) is 31.4 Å². The molecule has 0 spiro atoms. The Morgan fingerprint density at radius 2 is 1.48 bits per heavy atom. The van der Waals surface area contributed by atoms with Crippen molar-refractivity contribution in [2.45, 2.75) is 23.3 Å². The molecule has 0 unspecified atom stereocenters. The van der Waals surface area contributed by atoms with E-state index in [1.165, 1.54) is 25.2 Å². The highest BCUT2D eigenvalue weighted by Gasteiger charge is 2.27. The van der Waals surface area contributed by atoms with Crippen molar-refractivity contribution in [2.75, 3.05) is 18.9 Å². The maximum atomic E-state index is 13.3. The van der Waals surface area contributed by atoms with E-state index in [1.54, 1.807) is 61.5 Å². The van der Waals surface area contributed by atoms with Gasteiger partial charge in [-0.1, -0.05) is 54.6 Å². The molecule has 1 amide bonds. The number of carbonyl (C=O) groups is 1. The summed E-state index contributed by atoms with van der Waals surface area (Å²) in [5.74, 6) is -0.595. The van der Waals surface area contributed by atoms with Crippen LogP contribution in [-0.4, -0.2) is 40.6 Å². The quantitative estimate of drug-likeness (QED) is 0.482. The van der Waals surface area contributed by atoms with Crippen LogP contribution in [0.5, 0.6) is 0 Å². The van der Waals surface area contributed by atoms with E-state index in [0.717, 1.165) is 9.87 Å². The summed E-state index contributed by atoms with van der Waals surface area (Å²) in [6, 6.07) is 21.3. The zero-order valence-corrected chi connectivity index (χ0v) is 19.9. The Bertz CT molecular complexity index is 1330. The number of nitrogens with zero attached hydrogens (tertiary/aromatic N) is 1. The highest BCUT2D eigenvalue weighted by molar-refractivity contribution is 7.89. The predicted octanol–water partition coefficient (Wildman–Crippen LogP) is 2.73. The number of carbonyl (C=O) groups excluding carboxylic acids is 1. The second kappa shape index (κ2) is 10.3. The lowest BCUT2D eigenvalue weighted by molar-refractivity contribution is -0.116. The van der Waals surface area contributed by atoms with Crippen molar-refractivity contribution in [3.05, 3.63) is 90.0 Å². The molecular weight excluding hydrogens is 462 g/mol. The largest absolute Gasteiger partial charge is 0.325 e. The first kappa shape index (κ1) is 24.6. The lowest BCUT2D eigenvalue weighted by Gasteiger charge is -2.22. The molecule has 0 saturated heterocycles. The molecule has 0 fully saturated rings. The van der Waals surface area contributed by atoms with Crippen LogP contribution in [0.1, 0.15) is 11.1 Å². The van der Waals surface area contributed by atoms with Gasteiger partial charge in [0.15, 0.2) is 0 Å². The standard InChI is InChI=1S/C23H25N3O5S2/c1-18-13-14-20(15-22(18)32(28,29)24-2)25-23(27)17-26(16-19-9-5-3-6-10-19)33(30,31)21-11-7-4-8-12-21/h3-15,24H,16-17H2,1-2H3,(H,25,27). The van der Waals surface area contributed by atoms with Gasteiger partial charge in [-0.05, 0) is 49.4 Å². The van der Waals surface area contributed by atoms with Crippen molar-refractivity contribution in [1.82, 2.24) is 9.03 Å². The number of anilines is 1. The first-order valence-electron chi connectivity index (χ1n) is 10.1. The molecule has 33 heavy (non-hydrogen) atoms. The average Bonchev–Trinajstić information content (AvgIpc) is 2.81. The first-order valence-corrected chi connectivity index (χ1v) is 13.0. The number of aryl methyl sites for hydroxylation is 1. The minimum absolute atomic E-state index is 0.00122. The third-order valence-electron chi connectivity index (χ3n) is 4.93. The van der Waals surface area contributed by atoms with Crippen molar-refractivity contribution >= 4 is 31.6 Å². The molecule has 0 heterocycles. The summed E-state index contributed by atoms with van der Waals surface area (Å²) in [5, 5.41) is 2.61. The van der Waals surface area contributed by atoms with Gasteiger partial charge < -0.3 is 5.32 Å². The lowest BCUT2D eigenvalue weighted by Crippen LogP contribution is -2.37. The van der Waals surface area contributed by atoms with Crippen molar-refractivity contribution in [3.63, 3.8) is 0 Å². The van der Waals surface area contributed by atoms with Crippen molar-refractivity contribution in [2.24, 2.45) is 0 Å². The van der Waals surface area contributed by atoms with Crippen molar-refractivity contribution < 1.29 is 21.6 Å². The fraction of sp³-hybridized carbons (Fsp3) is 0.174. The number of amides is 1. The van der Waals surface area contributed by atoms with Crippen LogP contribution in [0, 0.1) is 6.92 Å². The lowest BCUT2D eigenvalue weighted by atomic mass is 10.2. The van der Waals surface area contributed by atoms with Crippen molar-refractivity contribution in [3.8, 4) is 0 Å². The second-order valence-electron chi connectivity index (χ2n) is 7.31. The minimum Gasteiger partial charge on any atom is -0.325 e. The molecule has 3 aromatic rings. The molecule has 0 aliphatic carbocycles. The van der Waals surface area contributed by atoms with Gasteiger partial charge in [-0.25, -0.2) is 21.6 Å². The predicted molar refractivity (Wildman–Crippen MR) is 127 cm³/mol. The summed E-state index contributed by atoms with van der Waals surface area (Å²) in [6.07, 6.45) is 0. The summed E-state index contributed by atoms with van der Waals surface area (Å²) >= 11 is 0. The number of rotatable bonds is 9. The van der Waals surface area contributed by atoms with E-state index in [4.69, 9.17) is 0 Å². The zero-order chi connectivity index (χ0) is 24.1. The van der Waals surface area contributed by atoms with E-state index in [0.29, 0.717) is 5.56 Å². The van der Waals surface area contributed by atoms with Crippen LogP contribution in [0.3, 0.4) is 0 Å². The van der Waals surface area contributed by atoms with E-state index >= 15 is 0 Å². The summed E-state index contributed by atoms with van der Waals surface area (Å²) in [7, 11) is -6.38. The first-order chi connectivity index (χ1) is 15.6. The maximum Gasteiger partial charge on any atom is 0.243 e. The van der Waals surface area contributed by atoms with Gasteiger partial charge in [0.05, 0.1) is 16.3 Å². The average molecular weight is 488 g/mol. The second-order valence-corrected chi connectivity index (χ2v) is 11.1. The molecule has 0 aliphatic rings. The number of benzene rings is 3. The molecule has 0 radical (unpaired) electrons. The SMILES string of the molecule is CNS(=O)(=O)c1cc(NC(=O)CN(Cc2ccccc2)S(=O)(=O)c2ccccc2)ccc1C. The Labute approximate surface area is 194 Å². The normalized spacial score (nSPS) is 12.0. The molecule has 0 saturated carbocycles. The number of nitrogens with one attached hydrogen (secondary N) is 2. The van der Waals surface area contributed by atoms with Gasteiger partial charge in [0.25, 0.3) is 0 Å². The smallest absolute Gasteiger partial charge is 0.243 e. The Hall–Kier alpha value is -3.05. The van der Waals surface area contributed by atoms with Crippen LogP contribution in [0.2, 0.25) is 0 Å². The van der Waals surface area contributed by atoms with Gasteiger partial charge in [0.1, 0.15) is 0 Å². The van der Waals surface area contributed by atoms with E-state index in [2.05, 4.69) is 10.0 Å². The molecule has 2 N–H and O–H groups in total. The third-order valence-corrected chi connectivity index (χ3v) is 8.30.